The molecule has 2 heterocycles. The predicted octanol–water partition coefficient (Wildman–Crippen LogP) is 2.95. The van der Waals surface area contributed by atoms with Gasteiger partial charge in [0.25, 0.3) is 17.1 Å². The molecule has 2 aliphatic rings. The fourth-order valence-corrected chi connectivity index (χ4v) is 4.29. The molecule has 0 atom stereocenters. The Hall–Kier alpha value is -3.79. The number of thioether (sulfide) groups is 1. The van der Waals surface area contributed by atoms with E-state index in [1.54, 1.807) is 6.07 Å². The number of carbonyl (C=O) groups is 5. The second kappa shape index (κ2) is 9.37. The Morgan fingerprint density at radius 1 is 1.00 bits per heavy atom. The van der Waals surface area contributed by atoms with Crippen molar-refractivity contribution in [2.45, 2.75) is 12.8 Å². The summed E-state index contributed by atoms with van der Waals surface area (Å²) >= 11 is 0.714. The molecule has 2 aliphatic heterocycles. The van der Waals surface area contributed by atoms with Crippen molar-refractivity contribution in [1.82, 2.24) is 10.2 Å². The van der Waals surface area contributed by atoms with E-state index in [9.17, 15) is 28.4 Å². The molecule has 10 heteroatoms. The van der Waals surface area contributed by atoms with E-state index in [2.05, 4.69) is 5.32 Å². The van der Waals surface area contributed by atoms with E-state index in [4.69, 9.17) is 0 Å². The second-order valence-corrected chi connectivity index (χ2v) is 8.27. The minimum absolute atomic E-state index is 0.0225. The summed E-state index contributed by atoms with van der Waals surface area (Å²) in [5.41, 5.74) is 0.905. The highest BCUT2D eigenvalue weighted by atomic mass is 32.2. The van der Waals surface area contributed by atoms with Crippen LogP contribution in [0.25, 0.3) is 6.08 Å². The Bertz CT molecular complexity index is 1180. The molecule has 0 bridgehead atoms. The van der Waals surface area contributed by atoms with E-state index < -0.39 is 22.9 Å². The molecule has 168 valence electrons. The van der Waals surface area contributed by atoms with Crippen LogP contribution in [0.5, 0.6) is 0 Å². The molecule has 0 aliphatic carbocycles. The van der Waals surface area contributed by atoms with Crippen molar-refractivity contribution in [3.63, 3.8) is 0 Å². The van der Waals surface area contributed by atoms with E-state index in [-0.39, 0.29) is 48.2 Å². The lowest BCUT2D eigenvalue weighted by Crippen LogP contribution is -2.37. The quantitative estimate of drug-likeness (QED) is 0.518. The van der Waals surface area contributed by atoms with Crippen molar-refractivity contribution in [2.24, 2.45) is 0 Å². The molecular weight excluding hydrogens is 449 g/mol. The third kappa shape index (κ3) is 4.70. The highest BCUT2D eigenvalue weighted by Crippen LogP contribution is 2.32. The molecule has 0 radical (unpaired) electrons. The monoisotopic (exact) mass is 467 g/mol. The van der Waals surface area contributed by atoms with E-state index in [0.717, 1.165) is 9.80 Å². The zero-order chi connectivity index (χ0) is 23.5. The van der Waals surface area contributed by atoms with Gasteiger partial charge in [0, 0.05) is 37.1 Å². The molecule has 2 fully saturated rings. The summed E-state index contributed by atoms with van der Waals surface area (Å²) in [7, 11) is 0. The molecule has 0 aromatic heterocycles. The summed E-state index contributed by atoms with van der Waals surface area (Å²) in [6.07, 6.45) is 1.67. The molecule has 8 nitrogen and oxygen atoms in total. The van der Waals surface area contributed by atoms with Crippen LogP contribution in [0, 0.1) is 5.82 Å². The molecule has 0 spiro atoms. The molecule has 4 rings (SSSR count). The summed E-state index contributed by atoms with van der Waals surface area (Å²) in [5.74, 6) is -2.04. The van der Waals surface area contributed by atoms with Crippen LogP contribution in [0.15, 0.2) is 53.4 Å². The summed E-state index contributed by atoms with van der Waals surface area (Å²) in [5, 5.41) is 2.13. The molecule has 0 unspecified atom stereocenters. The zero-order valence-electron chi connectivity index (χ0n) is 17.2. The number of nitrogens with zero attached hydrogens (tertiary/aromatic N) is 2. The smallest absolute Gasteiger partial charge is 0.293 e. The van der Waals surface area contributed by atoms with Crippen molar-refractivity contribution >= 4 is 52.4 Å². The topological polar surface area (TPSA) is 104 Å². The zero-order valence-corrected chi connectivity index (χ0v) is 18.1. The Kier molecular flexibility index (Phi) is 6.36. The van der Waals surface area contributed by atoms with Gasteiger partial charge in [-0.15, -0.1) is 0 Å². The SMILES string of the molecule is O=C(NCCN1C(=O)S/C(=C\c2ccccc2F)C1=O)c1ccc(N2C(=O)CCC2=O)cc1. The van der Waals surface area contributed by atoms with Crippen LogP contribution in [0.2, 0.25) is 0 Å². The van der Waals surface area contributed by atoms with Crippen molar-refractivity contribution in [3.05, 3.63) is 70.4 Å². The fraction of sp³-hybridized carbons (Fsp3) is 0.174. The van der Waals surface area contributed by atoms with Gasteiger partial charge >= 0.3 is 0 Å². The Morgan fingerprint density at radius 3 is 2.33 bits per heavy atom. The molecular formula is C23H18FN3O5S. The number of nitrogens with one attached hydrogen (secondary N) is 1. The number of amides is 5. The maximum absolute atomic E-state index is 13.8. The molecule has 0 saturated carbocycles. The minimum atomic E-state index is -0.549. The van der Waals surface area contributed by atoms with Gasteiger partial charge in [-0.05, 0) is 48.2 Å². The molecule has 5 amide bonds. The molecule has 2 aromatic rings. The van der Waals surface area contributed by atoms with Crippen LogP contribution in [-0.4, -0.2) is 46.9 Å². The van der Waals surface area contributed by atoms with Crippen molar-refractivity contribution in [3.8, 4) is 0 Å². The number of benzene rings is 2. The summed E-state index contributed by atoms with van der Waals surface area (Å²) in [4.78, 5) is 62.9. The first-order valence-electron chi connectivity index (χ1n) is 10.1. The third-order valence-electron chi connectivity index (χ3n) is 5.13. The number of hydrogen-bond donors (Lipinski definition) is 1. The first kappa shape index (κ1) is 22.4. The van der Waals surface area contributed by atoms with Gasteiger partial charge in [-0.1, -0.05) is 18.2 Å². The van der Waals surface area contributed by atoms with Crippen LogP contribution >= 0.6 is 11.8 Å². The highest BCUT2D eigenvalue weighted by Gasteiger charge is 2.35. The number of rotatable bonds is 6. The van der Waals surface area contributed by atoms with Crippen LogP contribution in [0.3, 0.4) is 0 Å². The van der Waals surface area contributed by atoms with Gasteiger partial charge in [-0.25, -0.2) is 4.39 Å². The van der Waals surface area contributed by atoms with Gasteiger partial charge in [0.05, 0.1) is 10.6 Å². The third-order valence-corrected chi connectivity index (χ3v) is 6.03. The van der Waals surface area contributed by atoms with Crippen LogP contribution in [-0.2, 0) is 14.4 Å². The summed E-state index contributed by atoms with van der Waals surface area (Å²) < 4.78 is 13.8. The number of carbonyl (C=O) groups excluding carboxylic acids is 5. The van der Waals surface area contributed by atoms with Crippen LogP contribution in [0.4, 0.5) is 14.9 Å². The lowest BCUT2D eigenvalue weighted by molar-refractivity contribution is -0.123. The maximum atomic E-state index is 13.8. The van der Waals surface area contributed by atoms with Gasteiger partial charge in [-0.2, -0.15) is 0 Å². The van der Waals surface area contributed by atoms with E-state index in [0.29, 0.717) is 23.0 Å². The first-order chi connectivity index (χ1) is 15.8. The Labute approximate surface area is 192 Å². The molecule has 2 aromatic carbocycles. The summed E-state index contributed by atoms with van der Waals surface area (Å²) in [6, 6.07) is 11.9. The first-order valence-corrected chi connectivity index (χ1v) is 10.9. The van der Waals surface area contributed by atoms with Gasteiger partial charge in [0.1, 0.15) is 5.82 Å². The van der Waals surface area contributed by atoms with Crippen LogP contribution in [0.1, 0.15) is 28.8 Å². The number of halogens is 1. The van der Waals surface area contributed by atoms with Gasteiger partial charge in [0.2, 0.25) is 11.8 Å². The van der Waals surface area contributed by atoms with Crippen molar-refractivity contribution < 1.29 is 28.4 Å². The van der Waals surface area contributed by atoms with Gasteiger partial charge in [0.15, 0.2) is 0 Å². The minimum Gasteiger partial charge on any atom is -0.350 e. The van der Waals surface area contributed by atoms with Crippen molar-refractivity contribution in [2.75, 3.05) is 18.0 Å². The maximum Gasteiger partial charge on any atom is 0.293 e. The largest absolute Gasteiger partial charge is 0.350 e. The molecule has 1 N–H and O–H groups in total. The van der Waals surface area contributed by atoms with Crippen LogP contribution < -0.4 is 10.2 Å². The standard InChI is InChI=1S/C23H18FN3O5S/c24-17-4-2-1-3-15(17)13-18-22(31)26(23(32)33-18)12-11-25-21(30)14-5-7-16(8-6-14)27-19(28)9-10-20(27)29/h1-8,13H,9-12H2,(H,25,30)/b18-13-. The second-order valence-electron chi connectivity index (χ2n) is 7.28. The van der Waals surface area contributed by atoms with Gasteiger partial charge < -0.3 is 5.32 Å². The number of imide groups is 2. The normalized spacial score (nSPS) is 17.4. The average Bonchev–Trinajstić information content (AvgIpc) is 3.27. The fourth-order valence-electron chi connectivity index (χ4n) is 3.44. The van der Waals surface area contributed by atoms with Gasteiger partial charge in [-0.3, -0.25) is 33.8 Å². The van der Waals surface area contributed by atoms with E-state index >= 15 is 0 Å². The highest BCUT2D eigenvalue weighted by molar-refractivity contribution is 8.18. The number of hydrogen-bond acceptors (Lipinski definition) is 6. The van der Waals surface area contributed by atoms with Crippen molar-refractivity contribution in [1.29, 1.82) is 0 Å². The molecule has 2 saturated heterocycles. The number of anilines is 1. The summed E-state index contributed by atoms with van der Waals surface area (Å²) in [6.45, 7) is -0.0193. The predicted molar refractivity (Wildman–Crippen MR) is 120 cm³/mol. The van der Waals surface area contributed by atoms with E-state index in [1.165, 1.54) is 48.5 Å². The average molecular weight is 467 g/mol. The Morgan fingerprint density at radius 2 is 1.67 bits per heavy atom. The lowest BCUT2D eigenvalue weighted by Gasteiger charge is -2.15. The molecule has 33 heavy (non-hydrogen) atoms. The Balaban J connectivity index is 1.33. The lowest BCUT2D eigenvalue weighted by atomic mass is 10.2. The van der Waals surface area contributed by atoms with E-state index in [1.807, 2.05) is 0 Å².